The van der Waals surface area contributed by atoms with Crippen LogP contribution in [0.4, 0.5) is 13.2 Å². The zero-order valence-corrected chi connectivity index (χ0v) is 8.78. The van der Waals surface area contributed by atoms with Crippen LogP contribution in [0.5, 0.6) is 5.88 Å². The SMILES string of the molecule is Cc1c(Cl)nnc(OCC(F)(F)F)c1C. The molecule has 0 spiro atoms. The fourth-order valence-corrected chi connectivity index (χ4v) is 1.02. The average Bonchev–Trinajstić information content (AvgIpc) is 2.12. The number of aromatic nitrogens is 2. The molecule has 1 aromatic heterocycles. The van der Waals surface area contributed by atoms with E-state index in [0.29, 0.717) is 11.1 Å². The van der Waals surface area contributed by atoms with E-state index in [2.05, 4.69) is 14.9 Å². The fraction of sp³-hybridized carbons (Fsp3) is 0.500. The zero-order valence-electron chi connectivity index (χ0n) is 8.02. The van der Waals surface area contributed by atoms with E-state index >= 15 is 0 Å². The van der Waals surface area contributed by atoms with Crippen LogP contribution in [0.15, 0.2) is 0 Å². The highest BCUT2D eigenvalue weighted by Gasteiger charge is 2.29. The van der Waals surface area contributed by atoms with Gasteiger partial charge in [0.2, 0.25) is 5.88 Å². The maximum Gasteiger partial charge on any atom is 0.422 e. The van der Waals surface area contributed by atoms with Crippen molar-refractivity contribution >= 4 is 11.6 Å². The molecule has 1 rings (SSSR count). The Hall–Kier alpha value is -1.04. The molecule has 0 saturated heterocycles. The van der Waals surface area contributed by atoms with Crippen molar-refractivity contribution in [1.82, 2.24) is 10.2 Å². The third kappa shape index (κ3) is 3.23. The minimum atomic E-state index is -4.39. The summed E-state index contributed by atoms with van der Waals surface area (Å²) in [6.07, 6.45) is -4.39. The lowest BCUT2D eigenvalue weighted by atomic mass is 10.2. The molecule has 0 fully saturated rings. The lowest BCUT2D eigenvalue weighted by molar-refractivity contribution is -0.154. The summed E-state index contributed by atoms with van der Waals surface area (Å²) in [7, 11) is 0. The molecule has 3 nitrogen and oxygen atoms in total. The van der Waals surface area contributed by atoms with Crippen LogP contribution in [0.3, 0.4) is 0 Å². The number of halogens is 4. The molecule has 0 atom stereocenters. The number of nitrogens with zero attached hydrogens (tertiary/aromatic N) is 2. The Kier molecular flexibility index (Phi) is 3.38. The maximum absolute atomic E-state index is 11.9. The predicted molar refractivity (Wildman–Crippen MR) is 48.1 cm³/mol. The molecule has 15 heavy (non-hydrogen) atoms. The van der Waals surface area contributed by atoms with Crippen molar-refractivity contribution in [3.05, 3.63) is 16.3 Å². The topological polar surface area (TPSA) is 35.0 Å². The van der Waals surface area contributed by atoms with Crippen molar-refractivity contribution < 1.29 is 17.9 Å². The van der Waals surface area contributed by atoms with Gasteiger partial charge in [0, 0.05) is 5.56 Å². The fourth-order valence-electron chi connectivity index (χ4n) is 0.842. The molecule has 0 aliphatic heterocycles. The zero-order chi connectivity index (χ0) is 11.6. The number of hydrogen-bond donors (Lipinski definition) is 0. The van der Waals surface area contributed by atoms with Crippen LogP contribution in [0, 0.1) is 13.8 Å². The Balaban J connectivity index is 2.83. The molecule has 0 saturated carbocycles. The monoisotopic (exact) mass is 240 g/mol. The highest BCUT2D eigenvalue weighted by Crippen LogP contribution is 2.24. The molecular weight excluding hydrogens is 233 g/mol. The Labute approximate surface area is 89.2 Å². The molecular formula is C8H8ClF3N2O. The predicted octanol–water partition coefficient (Wildman–Crippen LogP) is 2.69. The molecule has 7 heteroatoms. The van der Waals surface area contributed by atoms with Gasteiger partial charge in [0.05, 0.1) is 0 Å². The first-order valence-corrected chi connectivity index (χ1v) is 4.38. The Morgan fingerprint density at radius 3 is 2.33 bits per heavy atom. The number of ether oxygens (including phenoxy) is 1. The second kappa shape index (κ2) is 4.22. The molecule has 1 heterocycles. The average molecular weight is 241 g/mol. The van der Waals surface area contributed by atoms with Crippen molar-refractivity contribution in [3.63, 3.8) is 0 Å². The third-order valence-corrected chi connectivity index (χ3v) is 2.15. The lowest BCUT2D eigenvalue weighted by Crippen LogP contribution is -2.20. The molecule has 0 N–H and O–H groups in total. The summed E-state index contributed by atoms with van der Waals surface area (Å²) in [6.45, 7) is 1.82. The van der Waals surface area contributed by atoms with E-state index in [4.69, 9.17) is 11.6 Å². The van der Waals surface area contributed by atoms with Crippen LogP contribution in [-0.4, -0.2) is 23.0 Å². The molecule has 0 bridgehead atoms. The van der Waals surface area contributed by atoms with Gasteiger partial charge >= 0.3 is 6.18 Å². The normalized spacial score (nSPS) is 11.6. The largest absolute Gasteiger partial charge is 0.467 e. The third-order valence-electron chi connectivity index (χ3n) is 1.79. The smallest absolute Gasteiger partial charge is 0.422 e. The van der Waals surface area contributed by atoms with Crippen molar-refractivity contribution in [2.24, 2.45) is 0 Å². The summed E-state index contributed by atoms with van der Waals surface area (Å²) >= 11 is 5.62. The van der Waals surface area contributed by atoms with Gasteiger partial charge in [-0.1, -0.05) is 11.6 Å². The van der Waals surface area contributed by atoms with Crippen LogP contribution in [0.25, 0.3) is 0 Å². The number of rotatable bonds is 2. The van der Waals surface area contributed by atoms with E-state index in [-0.39, 0.29) is 11.0 Å². The first-order chi connectivity index (χ1) is 6.81. The summed E-state index contributed by atoms with van der Waals surface area (Å²) in [5.74, 6) is -0.144. The Bertz CT molecular complexity index is 368. The van der Waals surface area contributed by atoms with Gasteiger partial charge in [-0.05, 0) is 19.4 Å². The molecule has 0 radical (unpaired) electrons. The quantitative estimate of drug-likeness (QED) is 0.797. The highest BCUT2D eigenvalue weighted by molar-refractivity contribution is 6.30. The summed E-state index contributed by atoms with van der Waals surface area (Å²) in [5, 5.41) is 7.06. The summed E-state index contributed by atoms with van der Waals surface area (Å²) in [5.41, 5.74) is 1.02. The minimum Gasteiger partial charge on any atom is -0.467 e. The summed E-state index contributed by atoms with van der Waals surface area (Å²) < 4.78 is 40.0. The van der Waals surface area contributed by atoms with Gasteiger partial charge in [0.1, 0.15) is 0 Å². The molecule has 0 aromatic carbocycles. The van der Waals surface area contributed by atoms with E-state index in [0.717, 1.165) is 0 Å². The number of alkyl halides is 3. The van der Waals surface area contributed by atoms with E-state index < -0.39 is 12.8 Å². The van der Waals surface area contributed by atoms with E-state index in [1.807, 2.05) is 0 Å². The van der Waals surface area contributed by atoms with Crippen molar-refractivity contribution in [2.45, 2.75) is 20.0 Å². The molecule has 1 aromatic rings. The number of hydrogen-bond acceptors (Lipinski definition) is 3. The van der Waals surface area contributed by atoms with Crippen LogP contribution < -0.4 is 4.74 Å². The van der Waals surface area contributed by atoms with Gasteiger partial charge in [-0.2, -0.15) is 13.2 Å². The molecule has 84 valence electrons. The Morgan fingerprint density at radius 1 is 1.20 bits per heavy atom. The second-order valence-electron chi connectivity index (χ2n) is 2.95. The summed E-state index contributed by atoms with van der Waals surface area (Å²) in [4.78, 5) is 0. The van der Waals surface area contributed by atoms with Crippen LogP contribution >= 0.6 is 11.6 Å². The second-order valence-corrected chi connectivity index (χ2v) is 3.31. The van der Waals surface area contributed by atoms with E-state index in [9.17, 15) is 13.2 Å². The lowest BCUT2D eigenvalue weighted by Gasteiger charge is -2.11. The van der Waals surface area contributed by atoms with Gasteiger partial charge < -0.3 is 4.74 Å². The molecule has 0 aliphatic carbocycles. The van der Waals surface area contributed by atoms with Gasteiger partial charge in [0.15, 0.2) is 11.8 Å². The van der Waals surface area contributed by atoms with Crippen molar-refractivity contribution in [3.8, 4) is 5.88 Å². The summed E-state index contributed by atoms with van der Waals surface area (Å²) in [6, 6.07) is 0. The van der Waals surface area contributed by atoms with Crippen LogP contribution in [-0.2, 0) is 0 Å². The van der Waals surface area contributed by atoms with Gasteiger partial charge in [-0.3, -0.25) is 0 Å². The maximum atomic E-state index is 11.9. The van der Waals surface area contributed by atoms with Crippen LogP contribution in [0.1, 0.15) is 11.1 Å². The van der Waals surface area contributed by atoms with Crippen molar-refractivity contribution in [2.75, 3.05) is 6.61 Å². The molecule has 0 aliphatic rings. The molecule has 0 unspecified atom stereocenters. The van der Waals surface area contributed by atoms with E-state index in [1.165, 1.54) is 0 Å². The molecule has 0 amide bonds. The van der Waals surface area contributed by atoms with Gasteiger partial charge in [0.25, 0.3) is 0 Å². The van der Waals surface area contributed by atoms with Gasteiger partial charge in [-0.25, -0.2) is 0 Å². The van der Waals surface area contributed by atoms with E-state index in [1.54, 1.807) is 13.8 Å². The van der Waals surface area contributed by atoms with Crippen molar-refractivity contribution in [1.29, 1.82) is 0 Å². The minimum absolute atomic E-state index is 0.144. The first-order valence-electron chi connectivity index (χ1n) is 4.00. The van der Waals surface area contributed by atoms with Gasteiger partial charge in [-0.15, -0.1) is 10.2 Å². The first kappa shape index (κ1) is 12.0. The van der Waals surface area contributed by atoms with Crippen LogP contribution in [0.2, 0.25) is 5.15 Å². The highest BCUT2D eigenvalue weighted by atomic mass is 35.5. The Morgan fingerprint density at radius 2 is 1.80 bits per heavy atom. The standard InChI is InChI=1S/C8H8ClF3N2O/c1-4-5(2)7(14-13-6(4)9)15-3-8(10,11)12/h3H2,1-2H3.